The first-order valence-electron chi connectivity index (χ1n) is 4.69. The number of hydrogen-bond donors (Lipinski definition) is 1. The average molecular weight is 212 g/mol. The van der Waals surface area contributed by atoms with Crippen molar-refractivity contribution in [2.75, 3.05) is 0 Å². The molecule has 15 heavy (non-hydrogen) atoms. The van der Waals surface area contributed by atoms with Gasteiger partial charge in [0.15, 0.2) is 0 Å². The molecule has 0 aliphatic heterocycles. The molecule has 82 valence electrons. The zero-order chi connectivity index (χ0) is 11.4. The second kappa shape index (κ2) is 4.84. The molecule has 0 saturated carbocycles. The monoisotopic (exact) mass is 212 g/mol. The summed E-state index contributed by atoms with van der Waals surface area (Å²) in [6.45, 7) is 1.86. The Morgan fingerprint density at radius 1 is 1.60 bits per heavy atom. The van der Waals surface area contributed by atoms with Crippen LogP contribution in [0.15, 0.2) is 18.2 Å². The van der Waals surface area contributed by atoms with E-state index in [-0.39, 0.29) is 6.04 Å². The summed E-state index contributed by atoms with van der Waals surface area (Å²) < 4.78 is 13.2. The Balaban J connectivity index is 2.78. The molecule has 1 atom stereocenters. The minimum Gasteiger partial charge on any atom is -0.328 e. The van der Waals surface area contributed by atoms with Crippen molar-refractivity contribution in [3.63, 3.8) is 0 Å². The summed E-state index contributed by atoms with van der Waals surface area (Å²) in [5.41, 5.74) is 5.80. The van der Waals surface area contributed by atoms with E-state index in [4.69, 9.17) is 5.73 Å². The molecule has 5 heteroatoms. The van der Waals surface area contributed by atoms with Gasteiger partial charge in [0.25, 0.3) is 0 Å². The van der Waals surface area contributed by atoms with Gasteiger partial charge < -0.3 is 5.73 Å². The van der Waals surface area contributed by atoms with Crippen molar-refractivity contribution in [1.29, 1.82) is 0 Å². The van der Waals surface area contributed by atoms with Crippen LogP contribution < -0.4 is 5.73 Å². The van der Waals surface area contributed by atoms with Gasteiger partial charge in [-0.2, -0.15) is 4.39 Å². The number of nitrogens with zero attached hydrogens (tertiary/aromatic N) is 1. The van der Waals surface area contributed by atoms with Gasteiger partial charge in [0.1, 0.15) is 0 Å². The summed E-state index contributed by atoms with van der Waals surface area (Å²) >= 11 is 0. The number of nitrogens with two attached hydrogens (primary N) is 1. The third-order valence-corrected chi connectivity index (χ3v) is 2.10. The fourth-order valence-corrected chi connectivity index (χ4v) is 1.25. The fourth-order valence-electron chi connectivity index (χ4n) is 1.25. The van der Waals surface area contributed by atoms with Gasteiger partial charge in [0.2, 0.25) is 5.82 Å². The molecule has 0 amide bonds. The van der Waals surface area contributed by atoms with Crippen molar-refractivity contribution < 1.29 is 9.31 Å². The lowest BCUT2D eigenvalue weighted by atomic mass is 10.1. The predicted molar refractivity (Wildman–Crippen MR) is 55.0 cm³/mol. The Morgan fingerprint density at radius 2 is 2.27 bits per heavy atom. The molecule has 0 radical (unpaired) electrons. The van der Waals surface area contributed by atoms with E-state index in [2.05, 4.69) is 0 Å². The number of hydrogen-bond acceptors (Lipinski definition) is 3. The number of benzene rings is 1. The largest absolute Gasteiger partial charge is 0.328 e. The first kappa shape index (κ1) is 11.6. The molecule has 0 aliphatic rings. The van der Waals surface area contributed by atoms with Crippen LogP contribution in [0.1, 0.15) is 18.9 Å². The molecule has 0 aromatic heterocycles. The van der Waals surface area contributed by atoms with Crippen LogP contribution >= 0.6 is 0 Å². The van der Waals surface area contributed by atoms with Gasteiger partial charge in [-0.15, -0.1) is 0 Å². The van der Waals surface area contributed by atoms with Crippen molar-refractivity contribution in [3.8, 4) is 0 Å². The molecular formula is C10H13FN2O2. The standard InChI is InChI=1S/C10H13FN2O2/c1-7(12)2-3-8-4-5-10(13(14)15)9(11)6-8/h4-7H,2-3,12H2,1H3. The number of rotatable bonds is 4. The molecule has 1 unspecified atom stereocenters. The minimum absolute atomic E-state index is 0.0447. The minimum atomic E-state index is -0.790. The Kier molecular flexibility index (Phi) is 3.74. The maximum Gasteiger partial charge on any atom is 0.304 e. The van der Waals surface area contributed by atoms with Crippen molar-refractivity contribution in [2.45, 2.75) is 25.8 Å². The lowest BCUT2D eigenvalue weighted by Crippen LogP contribution is -2.15. The van der Waals surface area contributed by atoms with Crippen molar-refractivity contribution >= 4 is 5.69 Å². The second-order valence-corrected chi connectivity index (χ2v) is 3.56. The molecule has 0 bridgehead atoms. The van der Waals surface area contributed by atoms with Crippen LogP contribution in [-0.4, -0.2) is 11.0 Å². The van der Waals surface area contributed by atoms with Crippen LogP contribution in [0.5, 0.6) is 0 Å². The number of nitro groups is 1. The summed E-state index contributed by atoms with van der Waals surface area (Å²) in [7, 11) is 0. The average Bonchev–Trinajstić information content (AvgIpc) is 2.14. The lowest BCUT2D eigenvalue weighted by molar-refractivity contribution is -0.387. The van der Waals surface area contributed by atoms with Crippen LogP contribution in [-0.2, 0) is 6.42 Å². The summed E-state index contributed by atoms with van der Waals surface area (Å²) in [4.78, 5) is 9.61. The molecule has 2 N–H and O–H groups in total. The molecular weight excluding hydrogens is 199 g/mol. The van der Waals surface area contributed by atoms with Crippen molar-refractivity contribution in [1.82, 2.24) is 0 Å². The van der Waals surface area contributed by atoms with Gasteiger partial charge in [-0.25, -0.2) is 0 Å². The van der Waals surface area contributed by atoms with E-state index in [0.717, 1.165) is 12.0 Å². The highest BCUT2D eigenvalue weighted by Gasteiger charge is 2.13. The summed E-state index contributed by atoms with van der Waals surface area (Å²) in [6.07, 6.45) is 1.36. The smallest absolute Gasteiger partial charge is 0.304 e. The normalized spacial score (nSPS) is 12.5. The maximum atomic E-state index is 13.2. The Bertz CT molecular complexity index is 366. The van der Waals surface area contributed by atoms with E-state index in [1.807, 2.05) is 6.92 Å². The van der Waals surface area contributed by atoms with Gasteiger partial charge in [-0.1, -0.05) is 6.07 Å². The molecule has 0 heterocycles. The van der Waals surface area contributed by atoms with Gasteiger partial charge in [-0.3, -0.25) is 10.1 Å². The third kappa shape index (κ3) is 3.28. The van der Waals surface area contributed by atoms with E-state index in [9.17, 15) is 14.5 Å². The second-order valence-electron chi connectivity index (χ2n) is 3.56. The Morgan fingerprint density at radius 3 is 2.73 bits per heavy atom. The van der Waals surface area contributed by atoms with Crippen LogP contribution in [0.25, 0.3) is 0 Å². The molecule has 0 saturated heterocycles. The van der Waals surface area contributed by atoms with E-state index in [1.54, 1.807) is 6.07 Å². The summed E-state index contributed by atoms with van der Waals surface area (Å²) in [6, 6.07) is 3.99. The van der Waals surface area contributed by atoms with E-state index < -0.39 is 16.4 Å². The molecule has 0 fully saturated rings. The number of halogens is 1. The van der Waals surface area contributed by atoms with Crippen molar-refractivity contribution in [3.05, 3.63) is 39.7 Å². The van der Waals surface area contributed by atoms with Gasteiger partial charge in [-0.05, 0) is 31.4 Å². The SMILES string of the molecule is CC(N)CCc1ccc([N+](=O)[O-])c(F)c1. The summed E-state index contributed by atoms with van der Waals surface area (Å²) in [5.74, 6) is -0.790. The lowest BCUT2D eigenvalue weighted by Gasteiger charge is -2.04. The molecule has 0 aliphatic carbocycles. The van der Waals surface area contributed by atoms with Gasteiger partial charge in [0.05, 0.1) is 4.92 Å². The number of nitro benzene ring substituents is 1. The topological polar surface area (TPSA) is 69.2 Å². The first-order chi connectivity index (χ1) is 7.00. The fraction of sp³-hybridized carbons (Fsp3) is 0.400. The van der Waals surface area contributed by atoms with Gasteiger partial charge in [0, 0.05) is 12.1 Å². The highest BCUT2D eigenvalue weighted by molar-refractivity contribution is 5.35. The molecule has 4 nitrogen and oxygen atoms in total. The molecule has 0 spiro atoms. The van der Waals surface area contributed by atoms with Crippen LogP contribution in [0.2, 0.25) is 0 Å². The summed E-state index contributed by atoms with van der Waals surface area (Å²) in [5, 5.41) is 10.3. The Labute approximate surface area is 87.0 Å². The highest BCUT2D eigenvalue weighted by Crippen LogP contribution is 2.18. The van der Waals surface area contributed by atoms with E-state index >= 15 is 0 Å². The quantitative estimate of drug-likeness (QED) is 0.613. The van der Waals surface area contributed by atoms with Crippen LogP contribution in [0.4, 0.5) is 10.1 Å². The zero-order valence-electron chi connectivity index (χ0n) is 8.44. The molecule has 1 aromatic rings. The predicted octanol–water partition coefficient (Wildman–Crippen LogP) is 2.01. The third-order valence-electron chi connectivity index (χ3n) is 2.10. The van der Waals surface area contributed by atoms with E-state index in [1.165, 1.54) is 12.1 Å². The molecule has 1 aromatic carbocycles. The van der Waals surface area contributed by atoms with E-state index in [0.29, 0.717) is 6.42 Å². The van der Waals surface area contributed by atoms with Crippen LogP contribution in [0.3, 0.4) is 0 Å². The zero-order valence-corrected chi connectivity index (χ0v) is 8.44. The first-order valence-corrected chi connectivity index (χ1v) is 4.69. The van der Waals surface area contributed by atoms with Gasteiger partial charge >= 0.3 is 5.69 Å². The number of aryl methyl sites for hydroxylation is 1. The van der Waals surface area contributed by atoms with Crippen LogP contribution in [0, 0.1) is 15.9 Å². The maximum absolute atomic E-state index is 13.2. The van der Waals surface area contributed by atoms with Crippen molar-refractivity contribution in [2.24, 2.45) is 5.73 Å². The molecule has 1 rings (SSSR count). The highest BCUT2D eigenvalue weighted by atomic mass is 19.1. The Hall–Kier alpha value is -1.49.